The van der Waals surface area contributed by atoms with Crippen LogP contribution in [0, 0.1) is 6.92 Å². The van der Waals surface area contributed by atoms with E-state index >= 15 is 0 Å². The molecule has 0 atom stereocenters. The van der Waals surface area contributed by atoms with Crippen LogP contribution < -0.4 is 10.5 Å². The van der Waals surface area contributed by atoms with Crippen LogP contribution in [-0.2, 0) is 0 Å². The molecule has 0 aliphatic rings. The SMILES string of the molecule is Cc1nc2ccccc2c(=O)n1-c1ccc(C(=O)N(C)c2ccccc2)cc1. The monoisotopic (exact) mass is 369 g/mol. The highest BCUT2D eigenvalue weighted by Gasteiger charge is 2.14. The molecule has 4 aromatic rings. The maximum absolute atomic E-state index is 12.9. The number of amides is 1. The first-order chi connectivity index (χ1) is 13.6. The largest absolute Gasteiger partial charge is 0.311 e. The van der Waals surface area contributed by atoms with Crippen LogP contribution in [0.4, 0.5) is 5.69 Å². The van der Waals surface area contributed by atoms with E-state index in [1.165, 1.54) is 0 Å². The van der Waals surface area contributed by atoms with Crippen LogP contribution in [0.15, 0.2) is 83.7 Å². The Morgan fingerprint density at radius 2 is 1.54 bits per heavy atom. The van der Waals surface area contributed by atoms with E-state index < -0.39 is 0 Å². The lowest BCUT2D eigenvalue weighted by Gasteiger charge is -2.17. The van der Waals surface area contributed by atoms with Crippen molar-refractivity contribution in [2.75, 3.05) is 11.9 Å². The quantitative estimate of drug-likeness (QED) is 0.549. The predicted molar refractivity (Wildman–Crippen MR) is 111 cm³/mol. The number of aryl methyl sites for hydroxylation is 1. The van der Waals surface area contributed by atoms with E-state index in [0.29, 0.717) is 28.0 Å². The summed E-state index contributed by atoms with van der Waals surface area (Å²) < 4.78 is 1.57. The lowest BCUT2D eigenvalue weighted by molar-refractivity contribution is 0.0993. The molecule has 0 saturated heterocycles. The normalized spacial score (nSPS) is 10.8. The van der Waals surface area contributed by atoms with E-state index in [1.54, 1.807) is 53.8 Å². The van der Waals surface area contributed by atoms with E-state index in [-0.39, 0.29) is 11.5 Å². The second kappa shape index (κ2) is 7.12. The van der Waals surface area contributed by atoms with Gasteiger partial charge in [-0.1, -0.05) is 30.3 Å². The fourth-order valence-electron chi connectivity index (χ4n) is 3.26. The van der Waals surface area contributed by atoms with Crippen LogP contribution in [0.25, 0.3) is 16.6 Å². The molecular weight excluding hydrogens is 350 g/mol. The third-order valence-corrected chi connectivity index (χ3v) is 4.76. The van der Waals surface area contributed by atoms with Gasteiger partial charge in [0.15, 0.2) is 0 Å². The molecule has 1 amide bonds. The molecule has 138 valence electrons. The molecule has 4 rings (SSSR count). The third-order valence-electron chi connectivity index (χ3n) is 4.76. The molecule has 3 aromatic carbocycles. The zero-order valence-corrected chi connectivity index (χ0v) is 15.7. The number of para-hydroxylation sites is 2. The molecule has 0 radical (unpaired) electrons. The van der Waals surface area contributed by atoms with Gasteiger partial charge in [-0.15, -0.1) is 0 Å². The van der Waals surface area contributed by atoms with Gasteiger partial charge in [0, 0.05) is 18.3 Å². The van der Waals surface area contributed by atoms with Crippen LogP contribution in [-0.4, -0.2) is 22.5 Å². The van der Waals surface area contributed by atoms with Crippen LogP contribution in [0.2, 0.25) is 0 Å². The standard InChI is InChI=1S/C23H19N3O2/c1-16-24-21-11-7-6-10-20(21)23(28)26(16)19-14-12-17(13-15-19)22(27)25(2)18-8-4-3-5-9-18/h3-15H,1-2H3. The van der Waals surface area contributed by atoms with Gasteiger partial charge in [0.2, 0.25) is 0 Å². The molecule has 0 unspecified atom stereocenters. The maximum Gasteiger partial charge on any atom is 0.265 e. The van der Waals surface area contributed by atoms with Crippen molar-refractivity contribution in [2.45, 2.75) is 6.92 Å². The number of anilines is 1. The summed E-state index contributed by atoms with van der Waals surface area (Å²) in [5, 5.41) is 0.567. The first-order valence-corrected chi connectivity index (χ1v) is 8.98. The predicted octanol–water partition coefficient (Wildman–Crippen LogP) is 3.97. The van der Waals surface area contributed by atoms with E-state index in [4.69, 9.17) is 0 Å². The van der Waals surface area contributed by atoms with E-state index in [0.717, 1.165) is 5.69 Å². The molecule has 0 aliphatic carbocycles. The Hall–Kier alpha value is -3.73. The Morgan fingerprint density at radius 1 is 0.893 bits per heavy atom. The van der Waals surface area contributed by atoms with Gasteiger partial charge in [0.1, 0.15) is 5.82 Å². The number of nitrogens with zero attached hydrogens (tertiary/aromatic N) is 3. The minimum atomic E-state index is -0.122. The van der Waals surface area contributed by atoms with Crippen molar-refractivity contribution in [2.24, 2.45) is 0 Å². The Labute approximate surface area is 162 Å². The summed E-state index contributed by atoms with van der Waals surface area (Å²) in [6.45, 7) is 1.80. The molecule has 0 saturated carbocycles. The second-order valence-corrected chi connectivity index (χ2v) is 6.56. The smallest absolute Gasteiger partial charge is 0.265 e. The lowest BCUT2D eigenvalue weighted by Crippen LogP contribution is -2.26. The lowest BCUT2D eigenvalue weighted by atomic mass is 10.1. The fourth-order valence-corrected chi connectivity index (χ4v) is 3.26. The number of fused-ring (bicyclic) bond motifs is 1. The summed E-state index contributed by atoms with van der Waals surface area (Å²) >= 11 is 0. The highest BCUT2D eigenvalue weighted by atomic mass is 16.2. The van der Waals surface area contributed by atoms with E-state index in [1.807, 2.05) is 48.5 Å². The number of carbonyl (C=O) groups excluding carboxylic acids is 1. The highest BCUT2D eigenvalue weighted by molar-refractivity contribution is 6.05. The van der Waals surface area contributed by atoms with Gasteiger partial charge in [-0.2, -0.15) is 0 Å². The average Bonchev–Trinajstić information content (AvgIpc) is 2.74. The average molecular weight is 369 g/mol. The van der Waals surface area contributed by atoms with Gasteiger partial charge in [0.05, 0.1) is 16.6 Å². The molecule has 0 bridgehead atoms. The van der Waals surface area contributed by atoms with E-state index in [2.05, 4.69) is 4.98 Å². The van der Waals surface area contributed by atoms with Crippen molar-refractivity contribution in [1.82, 2.24) is 9.55 Å². The molecule has 0 fully saturated rings. The molecule has 1 aromatic heterocycles. The van der Waals surface area contributed by atoms with Crippen molar-refractivity contribution in [3.63, 3.8) is 0 Å². The molecule has 0 aliphatic heterocycles. The molecule has 0 N–H and O–H groups in total. The van der Waals surface area contributed by atoms with Crippen LogP contribution in [0.3, 0.4) is 0 Å². The highest BCUT2D eigenvalue weighted by Crippen LogP contribution is 2.17. The summed E-state index contributed by atoms with van der Waals surface area (Å²) in [5.74, 6) is 0.489. The Morgan fingerprint density at radius 3 is 2.25 bits per heavy atom. The van der Waals surface area contributed by atoms with Crippen molar-refractivity contribution < 1.29 is 4.79 Å². The van der Waals surface area contributed by atoms with Gasteiger partial charge in [-0.05, 0) is 55.5 Å². The van der Waals surface area contributed by atoms with Crippen molar-refractivity contribution in [3.8, 4) is 5.69 Å². The van der Waals surface area contributed by atoms with Gasteiger partial charge < -0.3 is 4.90 Å². The van der Waals surface area contributed by atoms with Crippen LogP contribution >= 0.6 is 0 Å². The van der Waals surface area contributed by atoms with Crippen molar-refractivity contribution in [3.05, 3.63) is 101 Å². The summed E-state index contributed by atoms with van der Waals surface area (Å²) in [7, 11) is 1.74. The zero-order chi connectivity index (χ0) is 19.7. The number of hydrogen-bond donors (Lipinski definition) is 0. The summed E-state index contributed by atoms with van der Waals surface area (Å²) in [6.07, 6.45) is 0. The van der Waals surface area contributed by atoms with Gasteiger partial charge in [0.25, 0.3) is 11.5 Å². The van der Waals surface area contributed by atoms with Gasteiger partial charge in [-0.25, -0.2) is 4.98 Å². The molecular formula is C23H19N3O2. The Bertz CT molecular complexity index is 1210. The van der Waals surface area contributed by atoms with Crippen LogP contribution in [0.1, 0.15) is 16.2 Å². The van der Waals surface area contributed by atoms with Crippen molar-refractivity contribution >= 4 is 22.5 Å². The second-order valence-electron chi connectivity index (χ2n) is 6.56. The summed E-state index contributed by atoms with van der Waals surface area (Å²) in [4.78, 5) is 31.8. The van der Waals surface area contributed by atoms with Gasteiger partial charge in [-0.3, -0.25) is 14.2 Å². The Kier molecular flexibility index (Phi) is 4.49. The molecule has 28 heavy (non-hydrogen) atoms. The maximum atomic E-state index is 12.9. The topological polar surface area (TPSA) is 55.2 Å². The Balaban J connectivity index is 1.70. The van der Waals surface area contributed by atoms with E-state index in [9.17, 15) is 9.59 Å². The summed E-state index contributed by atoms with van der Waals surface area (Å²) in [6, 6.07) is 23.8. The molecule has 0 spiro atoms. The fraction of sp³-hybridized carbons (Fsp3) is 0.0870. The van der Waals surface area contributed by atoms with Crippen molar-refractivity contribution in [1.29, 1.82) is 0 Å². The first-order valence-electron chi connectivity index (χ1n) is 8.98. The minimum absolute atomic E-state index is 0.113. The first kappa shape index (κ1) is 17.7. The van der Waals surface area contributed by atoms with Gasteiger partial charge >= 0.3 is 0 Å². The zero-order valence-electron chi connectivity index (χ0n) is 15.7. The molecule has 5 nitrogen and oxygen atoms in total. The number of hydrogen-bond acceptors (Lipinski definition) is 3. The molecule has 1 heterocycles. The minimum Gasteiger partial charge on any atom is -0.311 e. The third kappa shape index (κ3) is 3.07. The molecule has 5 heteroatoms. The number of rotatable bonds is 3. The van der Waals surface area contributed by atoms with Crippen LogP contribution in [0.5, 0.6) is 0 Å². The number of carbonyl (C=O) groups is 1. The number of benzene rings is 3. The number of aromatic nitrogens is 2. The summed E-state index contributed by atoms with van der Waals surface area (Å²) in [5.41, 5.74) is 2.61.